The molecule has 0 saturated carbocycles. The minimum Gasteiger partial charge on any atom is -0.334 e. The molecule has 0 unspecified atom stereocenters. The molecule has 0 bridgehead atoms. The summed E-state index contributed by atoms with van der Waals surface area (Å²) < 4.78 is 1.86. The summed E-state index contributed by atoms with van der Waals surface area (Å²) in [7, 11) is 0. The maximum Gasteiger partial charge on any atom is 0.327 e. The number of nitrogens with one attached hydrogen (secondary N) is 1. The summed E-state index contributed by atoms with van der Waals surface area (Å²) in [6.45, 7) is 4.32. The molecule has 0 radical (unpaired) electrons. The van der Waals surface area contributed by atoms with Gasteiger partial charge in [0.15, 0.2) is 5.43 Å². The van der Waals surface area contributed by atoms with Gasteiger partial charge in [0.2, 0.25) is 0 Å². The van der Waals surface area contributed by atoms with E-state index in [1.54, 1.807) is 6.20 Å². The second kappa shape index (κ2) is 9.96. The summed E-state index contributed by atoms with van der Waals surface area (Å²) in [6.07, 6.45) is 6.48. The Balaban J connectivity index is 1.99. The number of nitrogens with zero attached hydrogens (tertiary/aromatic N) is 3. The lowest BCUT2D eigenvalue weighted by Crippen LogP contribution is -2.39. The van der Waals surface area contributed by atoms with E-state index in [-0.39, 0.29) is 11.5 Å². The van der Waals surface area contributed by atoms with Crippen LogP contribution in [-0.2, 0) is 0 Å². The Bertz CT molecular complexity index is 1350. The predicted octanol–water partition coefficient (Wildman–Crippen LogP) is 5.51. The van der Waals surface area contributed by atoms with Crippen LogP contribution in [0.3, 0.4) is 0 Å². The molecule has 6 nitrogen and oxygen atoms in total. The number of benzene rings is 2. The van der Waals surface area contributed by atoms with Crippen molar-refractivity contribution in [3.8, 4) is 5.69 Å². The Morgan fingerprint density at radius 3 is 2.42 bits per heavy atom. The zero-order chi connectivity index (χ0) is 23.2. The number of rotatable bonds is 6. The van der Waals surface area contributed by atoms with Gasteiger partial charge in [-0.3, -0.25) is 9.36 Å². The molecule has 0 aliphatic heterocycles. The fourth-order valence-corrected chi connectivity index (χ4v) is 3.78. The van der Waals surface area contributed by atoms with Crippen molar-refractivity contribution in [1.29, 1.82) is 0 Å². The number of hydrogen-bond donors (Lipinski definition) is 1. The first kappa shape index (κ1) is 22.0. The Labute approximate surface area is 192 Å². The quantitative estimate of drug-likeness (QED) is 0.404. The lowest BCUT2D eigenvalue weighted by molar-refractivity contribution is 0.249. The smallest absolute Gasteiger partial charge is 0.327 e. The molecule has 2 heterocycles. The third kappa shape index (κ3) is 4.55. The van der Waals surface area contributed by atoms with Crippen LogP contribution in [-0.4, -0.2) is 22.1 Å². The predicted molar refractivity (Wildman–Crippen MR) is 133 cm³/mol. The Hall–Kier alpha value is -4.19. The van der Waals surface area contributed by atoms with Gasteiger partial charge in [-0.25, -0.2) is 14.7 Å². The van der Waals surface area contributed by atoms with Crippen molar-refractivity contribution in [3.05, 3.63) is 107 Å². The van der Waals surface area contributed by atoms with Gasteiger partial charge in [0, 0.05) is 24.5 Å². The first-order valence-electron chi connectivity index (χ1n) is 11.0. The molecule has 0 fully saturated rings. The number of carbonyl (C=O) groups is 1. The van der Waals surface area contributed by atoms with E-state index in [4.69, 9.17) is 0 Å². The number of fused-ring (bicyclic) bond motifs is 1. The molecule has 0 aliphatic carbocycles. The van der Waals surface area contributed by atoms with E-state index in [0.717, 1.165) is 17.7 Å². The van der Waals surface area contributed by atoms with Crippen LogP contribution in [0.1, 0.15) is 18.9 Å². The summed E-state index contributed by atoms with van der Waals surface area (Å²) in [5, 5.41) is 3.47. The molecular weight excluding hydrogens is 412 g/mol. The van der Waals surface area contributed by atoms with Crippen LogP contribution < -0.4 is 15.6 Å². The molecule has 2 amide bonds. The molecule has 4 aromatic rings. The summed E-state index contributed by atoms with van der Waals surface area (Å²) in [6, 6.07) is 21.9. The highest BCUT2D eigenvalue weighted by Gasteiger charge is 2.24. The minimum absolute atomic E-state index is 0.183. The first-order valence-corrected chi connectivity index (χ1v) is 11.0. The number of aryl methyl sites for hydroxylation is 1. The number of carbonyl (C=O) groups excluding carboxylic acids is 1. The van der Waals surface area contributed by atoms with Gasteiger partial charge in [0.05, 0.1) is 11.1 Å². The largest absolute Gasteiger partial charge is 0.334 e. The van der Waals surface area contributed by atoms with Gasteiger partial charge in [-0.2, -0.15) is 0 Å². The van der Waals surface area contributed by atoms with Crippen LogP contribution in [0.5, 0.6) is 0 Å². The lowest BCUT2D eigenvalue weighted by Gasteiger charge is -2.27. The zero-order valence-electron chi connectivity index (χ0n) is 18.7. The molecule has 0 atom stereocenters. The number of urea groups is 1. The molecule has 0 aliphatic rings. The maximum atomic E-state index is 13.5. The number of amides is 2. The second-order valence-electron chi connectivity index (χ2n) is 7.60. The number of allylic oxidation sites excluding steroid dienone is 1. The van der Waals surface area contributed by atoms with E-state index in [0.29, 0.717) is 29.1 Å². The van der Waals surface area contributed by atoms with E-state index in [1.165, 1.54) is 11.0 Å². The van der Waals surface area contributed by atoms with Crippen LogP contribution in [0.25, 0.3) is 16.7 Å². The van der Waals surface area contributed by atoms with Crippen molar-refractivity contribution < 1.29 is 4.79 Å². The number of aromatic nitrogens is 2. The van der Waals surface area contributed by atoms with Crippen molar-refractivity contribution in [2.45, 2.75) is 20.3 Å². The summed E-state index contributed by atoms with van der Waals surface area (Å²) in [5.74, 6) is 0.417. The average molecular weight is 439 g/mol. The number of pyridine rings is 2. The zero-order valence-corrected chi connectivity index (χ0v) is 18.7. The number of hydrogen-bond acceptors (Lipinski definition) is 3. The molecule has 166 valence electrons. The monoisotopic (exact) mass is 438 g/mol. The van der Waals surface area contributed by atoms with Gasteiger partial charge in [0.25, 0.3) is 0 Å². The highest BCUT2D eigenvalue weighted by atomic mass is 16.2. The normalized spacial score (nSPS) is 11.1. The van der Waals surface area contributed by atoms with Crippen LogP contribution >= 0.6 is 0 Å². The molecule has 0 saturated heterocycles. The Morgan fingerprint density at radius 1 is 1.03 bits per heavy atom. The van der Waals surface area contributed by atoms with Gasteiger partial charge < -0.3 is 5.32 Å². The van der Waals surface area contributed by atoms with Gasteiger partial charge in [-0.1, -0.05) is 55.5 Å². The second-order valence-corrected chi connectivity index (χ2v) is 7.60. The van der Waals surface area contributed by atoms with Crippen LogP contribution in [0, 0.1) is 6.92 Å². The van der Waals surface area contributed by atoms with E-state index in [9.17, 15) is 9.59 Å². The van der Waals surface area contributed by atoms with Gasteiger partial charge in [-0.05, 0) is 49.2 Å². The molecule has 33 heavy (non-hydrogen) atoms. The molecule has 0 spiro atoms. The van der Waals surface area contributed by atoms with Gasteiger partial charge in [0.1, 0.15) is 11.5 Å². The van der Waals surface area contributed by atoms with E-state index in [2.05, 4.69) is 10.3 Å². The summed E-state index contributed by atoms with van der Waals surface area (Å²) >= 11 is 0. The van der Waals surface area contributed by atoms with Crippen molar-refractivity contribution in [1.82, 2.24) is 14.9 Å². The fourth-order valence-electron chi connectivity index (χ4n) is 3.78. The molecule has 2 aromatic heterocycles. The van der Waals surface area contributed by atoms with Crippen molar-refractivity contribution in [3.63, 3.8) is 0 Å². The first-order chi connectivity index (χ1) is 16.1. The summed E-state index contributed by atoms with van der Waals surface area (Å²) in [5.41, 5.74) is 2.60. The molecule has 2 aromatic carbocycles. The van der Waals surface area contributed by atoms with Gasteiger partial charge >= 0.3 is 6.03 Å². The van der Waals surface area contributed by atoms with Crippen LogP contribution in [0.2, 0.25) is 0 Å². The Morgan fingerprint density at radius 2 is 1.73 bits per heavy atom. The van der Waals surface area contributed by atoms with E-state index < -0.39 is 0 Å². The number of anilines is 2. The van der Waals surface area contributed by atoms with Gasteiger partial charge in [-0.15, -0.1) is 0 Å². The standard InChI is InChI=1S/C27H26N4O2/c1-3-4-11-17-29-27(33)31(22-14-9-6-10-15-22)24-19-23(32)25-20(2)16-18-28-26(25)30(24)21-12-7-5-8-13-21/h4-16,18-19H,3,17H2,1-2H3,(H,29,33)/b11-4+. The third-order valence-electron chi connectivity index (χ3n) is 5.32. The Kier molecular flexibility index (Phi) is 6.64. The third-order valence-corrected chi connectivity index (χ3v) is 5.32. The SMILES string of the molecule is CC/C=C/CNC(=O)N(c1ccccc1)c1cc(=O)c2c(C)ccnc2n1-c1ccccc1. The highest BCUT2D eigenvalue weighted by molar-refractivity contribution is 6.00. The van der Waals surface area contributed by atoms with Crippen molar-refractivity contribution >= 4 is 28.6 Å². The minimum atomic E-state index is -0.335. The van der Waals surface area contributed by atoms with Crippen molar-refractivity contribution in [2.75, 3.05) is 11.4 Å². The summed E-state index contributed by atoms with van der Waals surface area (Å²) in [4.78, 5) is 32.8. The molecule has 4 rings (SSSR count). The topological polar surface area (TPSA) is 67.2 Å². The van der Waals surface area contributed by atoms with Crippen LogP contribution in [0.15, 0.2) is 95.9 Å². The highest BCUT2D eigenvalue weighted by Crippen LogP contribution is 2.30. The van der Waals surface area contributed by atoms with Crippen LogP contribution in [0.4, 0.5) is 16.3 Å². The number of para-hydroxylation sites is 2. The lowest BCUT2D eigenvalue weighted by atomic mass is 10.1. The van der Waals surface area contributed by atoms with Crippen molar-refractivity contribution in [2.24, 2.45) is 0 Å². The van der Waals surface area contributed by atoms with E-state index in [1.807, 2.05) is 97.3 Å². The maximum absolute atomic E-state index is 13.5. The fraction of sp³-hybridized carbons (Fsp3) is 0.148. The average Bonchev–Trinajstić information content (AvgIpc) is 2.83. The molecular formula is C27H26N4O2. The molecule has 1 N–H and O–H groups in total. The van der Waals surface area contributed by atoms with E-state index >= 15 is 0 Å². The molecule has 6 heteroatoms.